The molecule has 0 fully saturated rings. The van der Waals surface area contributed by atoms with E-state index in [1.54, 1.807) is 24.3 Å². The van der Waals surface area contributed by atoms with Gasteiger partial charge in [-0.15, -0.1) is 11.8 Å². The first kappa shape index (κ1) is 14.5. The Labute approximate surface area is 136 Å². The number of rotatable bonds is 3. The van der Waals surface area contributed by atoms with Crippen molar-refractivity contribution in [3.8, 4) is 0 Å². The molecular weight excluding hydrogens is 327 g/mol. The number of thioether (sulfide) groups is 1. The van der Waals surface area contributed by atoms with Crippen molar-refractivity contribution in [2.24, 2.45) is 0 Å². The van der Waals surface area contributed by atoms with Gasteiger partial charge in [-0.2, -0.15) is 0 Å². The number of hydrogen-bond acceptors (Lipinski definition) is 3. The number of carbonyl (C=O) groups is 1. The molecule has 0 amide bonds. The number of carbonyl (C=O) groups excluding carboxylic acids is 1. The van der Waals surface area contributed by atoms with Gasteiger partial charge < -0.3 is 4.74 Å². The molecule has 5 heteroatoms. The van der Waals surface area contributed by atoms with Crippen LogP contribution in [0.3, 0.4) is 0 Å². The number of ether oxygens (including phenoxy) is 1. The average Bonchev–Trinajstić information content (AvgIpc) is 2.84. The van der Waals surface area contributed by atoms with Crippen LogP contribution in [-0.2, 0) is 9.53 Å². The summed E-state index contributed by atoms with van der Waals surface area (Å²) in [5.74, 6) is 0.247. The number of cyclic esters (lactones) is 1. The highest BCUT2D eigenvalue weighted by Gasteiger charge is 2.29. The van der Waals surface area contributed by atoms with E-state index in [0.717, 1.165) is 10.5 Å². The Bertz CT molecular complexity index is 713. The first-order valence-corrected chi connectivity index (χ1v) is 7.88. The van der Waals surface area contributed by atoms with Crippen LogP contribution in [0.15, 0.2) is 59.5 Å². The number of esters is 1. The molecule has 3 rings (SSSR count). The number of halogens is 2. The van der Waals surface area contributed by atoms with E-state index < -0.39 is 0 Å². The molecule has 0 spiro atoms. The summed E-state index contributed by atoms with van der Waals surface area (Å²) in [4.78, 5) is 13.0. The van der Waals surface area contributed by atoms with Gasteiger partial charge in [0.05, 0.1) is 10.0 Å². The molecule has 1 aliphatic heterocycles. The van der Waals surface area contributed by atoms with Gasteiger partial charge in [-0.05, 0) is 36.4 Å². The van der Waals surface area contributed by atoms with Crippen molar-refractivity contribution in [2.45, 2.75) is 10.1 Å². The summed E-state index contributed by atoms with van der Waals surface area (Å²) in [7, 11) is 0. The number of benzene rings is 2. The van der Waals surface area contributed by atoms with Crippen LogP contribution in [0.25, 0.3) is 5.76 Å². The Hall–Kier alpha value is -1.42. The molecule has 0 saturated carbocycles. The van der Waals surface area contributed by atoms with E-state index in [0.29, 0.717) is 15.8 Å². The van der Waals surface area contributed by atoms with E-state index in [2.05, 4.69) is 0 Å². The second-order valence-electron chi connectivity index (χ2n) is 4.43. The van der Waals surface area contributed by atoms with Crippen LogP contribution in [0, 0.1) is 0 Å². The Balaban J connectivity index is 1.83. The summed E-state index contributed by atoms with van der Waals surface area (Å²) in [5.41, 5.74) is 0.744. The minimum absolute atomic E-state index is 0.273. The second-order valence-corrected chi connectivity index (χ2v) is 6.46. The molecule has 1 aliphatic rings. The Kier molecular flexibility index (Phi) is 4.24. The minimum Gasteiger partial charge on any atom is -0.425 e. The van der Waals surface area contributed by atoms with Gasteiger partial charge in [-0.1, -0.05) is 41.4 Å². The molecule has 106 valence electrons. The quantitative estimate of drug-likeness (QED) is 0.733. The highest BCUT2D eigenvalue weighted by Crippen LogP contribution is 2.35. The lowest BCUT2D eigenvalue weighted by molar-refractivity contribution is -0.133. The van der Waals surface area contributed by atoms with Gasteiger partial charge >= 0.3 is 5.97 Å². The molecule has 2 aromatic carbocycles. The predicted molar refractivity (Wildman–Crippen MR) is 86.6 cm³/mol. The van der Waals surface area contributed by atoms with Crippen molar-refractivity contribution >= 4 is 46.7 Å². The molecule has 21 heavy (non-hydrogen) atoms. The number of hydrogen-bond donors (Lipinski definition) is 0. The van der Waals surface area contributed by atoms with Crippen LogP contribution in [0.4, 0.5) is 0 Å². The summed E-state index contributed by atoms with van der Waals surface area (Å²) in [6.07, 6.45) is 1.81. The molecule has 0 aliphatic carbocycles. The minimum atomic E-state index is -0.350. The maximum Gasteiger partial charge on any atom is 0.328 e. The second kappa shape index (κ2) is 6.14. The highest BCUT2D eigenvalue weighted by atomic mass is 35.5. The molecule has 1 atom stereocenters. The van der Waals surface area contributed by atoms with E-state index in [4.69, 9.17) is 27.9 Å². The zero-order valence-corrected chi connectivity index (χ0v) is 13.1. The fourth-order valence-corrected chi connectivity index (χ4v) is 3.18. The first-order chi connectivity index (χ1) is 10.1. The third kappa shape index (κ3) is 3.26. The molecule has 0 saturated heterocycles. The fourth-order valence-electron chi connectivity index (χ4n) is 1.94. The lowest BCUT2D eigenvalue weighted by Gasteiger charge is -2.04. The standard InChI is InChI=1S/C16H10Cl2O2S/c17-12-7-6-10(8-13(12)18)14-9-15(16(19)20-14)21-11-4-2-1-3-5-11/h1-9,15H. The fraction of sp³-hybridized carbons (Fsp3) is 0.0625. The van der Waals surface area contributed by atoms with E-state index in [1.165, 1.54) is 11.8 Å². The smallest absolute Gasteiger partial charge is 0.328 e. The molecule has 1 heterocycles. The SMILES string of the molecule is O=C1OC(c2ccc(Cl)c(Cl)c2)=CC1Sc1ccccc1. The van der Waals surface area contributed by atoms with Crippen LogP contribution >= 0.6 is 35.0 Å². The van der Waals surface area contributed by atoms with Crippen molar-refractivity contribution in [3.05, 3.63) is 70.2 Å². The molecule has 2 nitrogen and oxygen atoms in total. The van der Waals surface area contributed by atoms with Gasteiger partial charge in [0, 0.05) is 10.5 Å². The van der Waals surface area contributed by atoms with Gasteiger partial charge in [0.2, 0.25) is 0 Å². The van der Waals surface area contributed by atoms with Crippen molar-refractivity contribution in [2.75, 3.05) is 0 Å². The van der Waals surface area contributed by atoms with Crippen LogP contribution in [0.2, 0.25) is 10.0 Å². The topological polar surface area (TPSA) is 26.3 Å². The third-order valence-electron chi connectivity index (χ3n) is 2.96. The van der Waals surface area contributed by atoms with Crippen LogP contribution in [-0.4, -0.2) is 11.2 Å². The van der Waals surface area contributed by atoms with Crippen LogP contribution in [0.1, 0.15) is 5.56 Å². The zero-order chi connectivity index (χ0) is 14.8. The van der Waals surface area contributed by atoms with Gasteiger partial charge in [0.25, 0.3) is 0 Å². The normalized spacial score (nSPS) is 17.5. The van der Waals surface area contributed by atoms with Crippen molar-refractivity contribution in [1.82, 2.24) is 0 Å². The highest BCUT2D eigenvalue weighted by molar-refractivity contribution is 8.00. The summed E-state index contributed by atoms with van der Waals surface area (Å²) >= 11 is 13.3. The Morgan fingerprint density at radius 2 is 1.76 bits per heavy atom. The molecule has 1 unspecified atom stereocenters. The van der Waals surface area contributed by atoms with Crippen LogP contribution in [0.5, 0.6) is 0 Å². The monoisotopic (exact) mass is 336 g/mol. The van der Waals surface area contributed by atoms with Crippen molar-refractivity contribution < 1.29 is 9.53 Å². The first-order valence-electron chi connectivity index (χ1n) is 6.24. The van der Waals surface area contributed by atoms with Crippen molar-refractivity contribution in [3.63, 3.8) is 0 Å². The van der Waals surface area contributed by atoms with Crippen molar-refractivity contribution in [1.29, 1.82) is 0 Å². The molecular formula is C16H10Cl2O2S. The zero-order valence-electron chi connectivity index (χ0n) is 10.8. The molecule has 0 aromatic heterocycles. The molecule has 0 radical (unpaired) electrons. The van der Waals surface area contributed by atoms with E-state index in [9.17, 15) is 4.79 Å². The van der Waals surface area contributed by atoms with Gasteiger partial charge in [-0.3, -0.25) is 4.79 Å². The average molecular weight is 337 g/mol. The maximum absolute atomic E-state index is 12.0. The summed E-state index contributed by atoms with van der Waals surface area (Å²) < 4.78 is 5.33. The third-order valence-corrected chi connectivity index (χ3v) is 4.82. The Morgan fingerprint density at radius 1 is 1.00 bits per heavy atom. The van der Waals surface area contributed by atoms with E-state index in [-0.39, 0.29) is 11.2 Å². The molecule has 0 N–H and O–H groups in total. The van der Waals surface area contributed by atoms with Crippen LogP contribution < -0.4 is 0 Å². The molecule has 2 aromatic rings. The summed E-state index contributed by atoms with van der Waals surface area (Å²) in [6.45, 7) is 0. The van der Waals surface area contributed by atoms with Gasteiger partial charge in [0.1, 0.15) is 11.0 Å². The maximum atomic E-state index is 12.0. The van der Waals surface area contributed by atoms with E-state index in [1.807, 2.05) is 30.3 Å². The Morgan fingerprint density at radius 3 is 2.48 bits per heavy atom. The lowest BCUT2D eigenvalue weighted by Crippen LogP contribution is -2.09. The summed E-state index contributed by atoms with van der Waals surface area (Å²) in [6, 6.07) is 14.9. The largest absolute Gasteiger partial charge is 0.425 e. The summed E-state index contributed by atoms with van der Waals surface area (Å²) in [5, 5.41) is 0.558. The predicted octanol–water partition coefficient (Wildman–Crippen LogP) is 5.05. The van der Waals surface area contributed by atoms with E-state index >= 15 is 0 Å². The lowest BCUT2D eigenvalue weighted by atomic mass is 10.2. The van der Waals surface area contributed by atoms with Gasteiger partial charge in [0.15, 0.2) is 0 Å². The molecule has 0 bridgehead atoms. The van der Waals surface area contributed by atoms with Gasteiger partial charge in [-0.25, -0.2) is 0 Å².